The molecule has 1 aromatic rings. The first-order chi connectivity index (χ1) is 9.43. The third kappa shape index (κ3) is 5.03. The van der Waals surface area contributed by atoms with Crippen LogP contribution in [0.15, 0.2) is 28.0 Å². The van der Waals surface area contributed by atoms with E-state index in [1.54, 1.807) is 25.9 Å². The van der Waals surface area contributed by atoms with Crippen molar-refractivity contribution in [3.05, 3.63) is 24.0 Å². The predicted molar refractivity (Wildman–Crippen MR) is 77.8 cm³/mol. The molecule has 0 radical (unpaired) electrons. The largest absolute Gasteiger partial charge is 0.308 e. The minimum Gasteiger partial charge on any atom is -0.308 e. The van der Waals surface area contributed by atoms with E-state index in [9.17, 15) is 21.2 Å². The Bertz CT molecular complexity index is 715. The van der Waals surface area contributed by atoms with Crippen molar-refractivity contribution in [1.82, 2.24) is 9.62 Å². The Balaban J connectivity index is 3.19. The van der Waals surface area contributed by atoms with Crippen molar-refractivity contribution in [2.45, 2.75) is 22.8 Å². The number of sulfone groups is 1. The molecular weight excluding hydrogens is 319 g/mol. The van der Waals surface area contributed by atoms with Crippen LogP contribution >= 0.6 is 0 Å². The fourth-order valence-corrected chi connectivity index (χ4v) is 3.89. The average Bonchev–Trinajstić information content (AvgIpc) is 2.25. The SMILES string of the molecule is CC(CN(C)C)NS(=O)(=O)c1cc(S(C)(=O)=O)ccc1F. The van der Waals surface area contributed by atoms with Crippen molar-refractivity contribution in [2.24, 2.45) is 0 Å². The molecule has 1 unspecified atom stereocenters. The van der Waals surface area contributed by atoms with E-state index in [0.717, 1.165) is 24.5 Å². The number of hydrogen-bond acceptors (Lipinski definition) is 5. The highest BCUT2D eigenvalue weighted by Gasteiger charge is 2.23. The molecule has 0 aliphatic carbocycles. The summed E-state index contributed by atoms with van der Waals surface area (Å²) in [5, 5.41) is 0. The molecule has 0 bridgehead atoms. The zero-order valence-electron chi connectivity index (χ0n) is 12.3. The van der Waals surface area contributed by atoms with E-state index in [-0.39, 0.29) is 4.90 Å². The number of hydrogen-bond donors (Lipinski definition) is 1. The van der Waals surface area contributed by atoms with Gasteiger partial charge in [0, 0.05) is 18.8 Å². The van der Waals surface area contributed by atoms with E-state index in [0.29, 0.717) is 6.54 Å². The summed E-state index contributed by atoms with van der Waals surface area (Å²) in [5.41, 5.74) is 0. The molecular formula is C12H19FN2O4S2. The maximum atomic E-state index is 13.7. The molecule has 0 heterocycles. The third-order valence-electron chi connectivity index (χ3n) is 2.62. The van der Waals surface area contributed by atoms with Crippen LogP contribution in [0.25, 0.3) is 0 Å². The van der Waals surface area contributed by atoms with Crippen LogP contribution in [0.4, 0.5) is 4.39 Å². The van der Waals surface area contributed by atoms with Crippen LogP contribution in [-0.2, 0) is 19.9 Å². The lowest BCUT2D eigenvalue weighted by Crippen LogP contribution is -2.39. The fraction of sp³-hybridized carbons (Fsp3) is 0.500. The van der Waals surface area contributed by atoms with Crippen LogP contribution in [0.5, 0.6) is 0 Å². The van der Waals surface area contributed by atoms with Crippen molar-refractivity contribution in [3.8, 4) is 0 Å². The van der Waals surface area contributed by atoms with Crippen molar-refractivity contribution in [1.29, 1.82) is 0 Å². The topological polar surface area (TPSA) is 83.6 Å². The van der Waals surface area contributed by atoms with E-state index >= 15 is 0 Å². The molecule has 9 heteroatoms. The first kappa shape index (κ1) is 18.0. The van der Waals surface area contributed by atoms with Gasteiger partial charge in [0.1, 0.15) is 10.7 Å². The summed E-state index contributed by atoms with van der Waals surface area (Å²) in [7, 11) is -4.20. The molecule has 120 valence electrons. The molecule has 0 amide bonds. The van der Waals surface area contributed by atoms with E-state index in [1.165, 1.54) is 0 Å². The third-order valence-corrected chi connectivity index (χ3v) is 5.33. The highest BCUT2D eigenvalue weighted by Crippen LogP contribution is 2.19. The lowest BCUT2D eigenvalue weighted by molar-refractivity contribution is 0.370. The van der Waals surface area contributed by atoms with Crippen LogP contribution in [0.3, 0.4) is 0 Å². The average molecular weight is 338 g/mol. The van der Waals surface area contributed by atoms with Crippen molar-refractivity contribution < 1.29 is 21.2 Å². The molecule has 0 fully saturated rings. The first-order valence-corrected chi connectivity index (χ1v) is 9.47. The normalized spacial score (nSPS) is 14.4. The molecule has 0 saturated heterocycles. The van der Waals surface area contributed by atoms with Crippen LogP contribution in [0.2, 0.25) is 0 Å². The van der Waals surface area contributed by atoms with Crippen molar-refractivity contribution in [3.63, 3.8) is 0 Å². The van der Waals surface area contributed by atoms with E-state index in [1.807, 2.05) is 0 Å². The summed E-state index contributed by atoms with van der Waals surface area (Å²) in [5.74, 6) is -0.994. The number of likely N-dealkylation sites (N-methyl/N-ethyl adjacent to an activating group) is 1. The lowest BCUT2D eigenvalue weighted by atomic mass is 10.3. The molecule has 0 aliphatic rings. The number of nitrogens with zero attached hydrogens (tertiary/aromatic N) is 1. The van der Waals surface area contributed by atoms with Gasteiger partial charge in [-0.05, 0) is 39.2 Å². The van der Waals surface area contributed by atoms with Crippen molar-refractivity contribution in [2.75, 3.05) is 26.9 Å². The minimum atomic E-state index is -4.13. The lowest BCUT2D eigenvalue weighted by Gasteiger charge is -2.18. The summed E-state index contributed by atoms with van der Waals surface area (Å²) in [6, 6.07) is 2.25. The first-order valence-electron chi connectivity index (χ1n) is 6.10. The Kier molecular flexibility index (Phi) is 5.48. The van der Waals surface area contributed by atoms with Crippen LogP contribution in [0, 0.1) is 5.82 Å². The standard InChI is InChI=1S/C12H19FN2O4S2/c1-9(8-15(2)3)14-21(18,19)12-7-10(20(4,16)17)5-6-11(12)13/h5-7,9,14H,8H2,1-4H3. The van der Waals surface area contributed by atoms with Crippen LogP contribution in [0.1, 0.15) is 6.92 Å². The Morgan fingerprint density at radius 3 is 2.29 bits per heavy atom. The maximum absolute atomic E-state index is 13.7. The van der Waals surface area contributed by atoms with Gasteiger partial charge in [-0.2, -0.15) is 0 Å². The van der Waals surface area contributed by atoms with Gasteiger partial charge >= 0.3 is 0 Å². The summed E-state index contributed by atoms with van der Waals surface area (Å²) in [6.07, 6.45) is 0.929. The quantitative estimate of drug-likeness (QED) is 0.762. The Morgan fingerprint density at radius 2 is 1.81 bits per heavy atom. The molecule has 1 aromatic carbocycles. The fourth-order valence-electron chi connectivity index (χ4n) is 1.83. The van der Waals surface area contributed by atoms with Gasteiger partial charge in [0.05, 0.1) is 4.90 Å². The molecule has 1 N–H and O–H groups in total. The van der Waals surface area contributed by atoms with E-state index in [4.69, 9.17) is 0 Å². The van der Waals surface area contributed by atoms with Crippen LogP contribution < -0.4 is 4.72 Å². The zero-order chi connectivity index (χ0) is 16.4. The van der Waals surface area contributed by atoms with Gasteiger partial charge in [0.25, 0.3) is 0 Å². The number of nitrogens with one attached hydrogen (secondary N) is 1. The molecule has 0 aromatic heterocycles. The van der Waals surface area contributed by atoms with E-state index < -0.39 is 36.6 Å². The summed E-state index contributed by atoms with van der Waals surface area (Å²) < 4.78 is 63.3. The molecule has 1 rings (SSSR count). The van der Waals surface area contributed by atoms with E-state index in [2.05, 4.69) is 4.72 Å². The second kappa shape index (κ2) is 6.39. The van der Waals surface area contributed by atoms with Crippen molar-refractivity contribution >= 4 is 19.9 Å². The van der Waals surface area contributed by atoms with Crippen LogP contribution in [-0.4, -0.2) is 54.7 Å². The molecule has 21 heavy (non-hydrogen) atoms. The molecule has 1 atom stereocenters. The molecule has 0 spiro atoms. The summed E-state index contributed by atoms with van der Waals surface area (Å²) >= 11 is 0. The minimum absolute atomic E-state index is 0.246. The summed E-state index contributed by atoms with van der Waals surface area (Å²) in [4.78, 5) is 0.858. The Hall–Kier alpha value is -1.03. The Labute approximate surface area is 124 Å². The molecule has 0 saturated carbocycles. The predicted octanol–water partition coefficient (Wildman–Crippen LogP) is 0.458. The Morgan fingerprint density at radius 1 is 1.24 bits per heavy atom. The second-order valence-corrected chi connectivity index (χ2v) is 8.85. The number of rotatable bonds is 6. The molecule has 0 aliphatic heterocycles. The van der Waals surface area contributed by atoms with Gasteiger partial charge in [0.2, 0.25) is 10.0 Å². The molecule has 6 nitrogen and oxygen atoms in total. The smallest absolute Gasteiger partial charge is 0.243 e. The monoisotopic (exact) mass is 338 g/mol. The maximum Gasteiger partial charge on any atom is 0.243 e. The van der Waals surface area contributed by atoms with Gasteiger partial charge in [-0.1, -0.05) is 0 Å². The number of halogens is 1. The van der Waals surface area contributed by atoms with Gasteiger partial charge in [-0.15, -0.1) is 0 Å². The van der Waals surface area contributed by atoms with Gasteiger partial charge in [-0.3, -0.25) is 0 Å². The number of sulfonamides is 1. The van der Waals surface area contributed by atoms with Gasteiger partial charge < -0.3 is 4.90 Å². The summed E-state index contributed by atoms with van der Waals surface area (Å²) in [6.45, 7) is 2.06. The highest BCUT2D eigenvalue weighted by atomic mass is 32.2. The number of benzene rings is 1. The second-order valence-electron chi connectivity index (χ2n) is 5.15. The van der Waals surface area contributed by atoms with Gasteiger partial charge in [-0.25, -0.2) is 25.9 Å². The highest BCUT2D eigenvalue weighted by molar-refractivity contribution is 7.91. The van der Waals surface area contributed by atoms with Gasteiger partial charge in [0.15, 0.2) is 9.84 Å². The zero-order valence-corrected chi connectivity index (χ0v) is 13.9.